The van der Waals surface area contributed by atoms with Crippen molar-refractivity contribution in [2.45, 2.75) is 24.8 Å². The Morgan fingerprint density at radius 2 is 1.58 bits per heavy atom. The topological polar surface area (TPSA) is 12.0 Å². The summed E-state index contributed by atoms with van der Waals surface area (Å²) in [6.07, 6.45) is 1.11. The van der Waals surface area contributed by atoms with E-state index in [-0.39, 0.29) is 0 Å². The van der Waals surface area contributed by atoms with Crippen LogP contribution in [0.4, 0.5) is 0 Å². The van der Waals surface area contributed by atoms with Crippen molar-refractivity contribution in [3.63, 3.8) is 0 Å². The summed E-state index contributed by atoms with van der Waals surface area (Å²) < 4.78 is 0. The number of aryl methyl sites for hydroxylation is 1. The van der Waals surface area contributed by atoms with Crippen LogP contribution in [-0.2, 0) is 13.0 Å². The van der Waals surface area contributed by atoms with E-state index in [1.54, 1.807) is 0 Å². The lowest BCUT2D eigenvalue weighted by atomic mass is 10.1. The van der Waals surface area contributed by atoms with Crippen LogP contribution in [-0.4, -0.2) is 12.3 Å². The molecule has 0 spiro atoms. The predicted octanol–water partition coefficient (Wildman–Crippen LogP) is 4.13. The van der Waals surface area contributed by atoms with Crippen molar-refractivity contribution in [1.29, 1.82) is 0 Å². The van der Waals surface area contributed by atoms with Gasteiger partial charge in [0.2, 0.25) is 0 Å². The van der Waals surface area contributed by atoms with Gasteiger partial charge in [-0.2, -0.15) is 0 Å². The van der Waals surface area contributed by atoms with Gasteiger partial charge >= 0.3 is 0 Å². The molecule has 2 aromatic carbocycles. The van der Waals surface area contributed by atoms with Gasteiger partial charge < -0.3 is 5.32 Å². The molecule has 0 aliphatic heterocycles. The standard InChI is InChI=1S/C17H21NS/c1-2-15-8-10-16(11-9-15)14-18-12-13-19-17-6-4-3-5-7-17/h3-11,18H,2,12-14H2,1H3. The summed E-state index contributed by atoms with van der Waals surface area (Å²) >= 11 is 1.90. The van der Waals surface area contributed by atoms with Gasteiger partial charge in [0.25, 0.3) is 0 Å². The Hall–Kier alpha value is -1.25. The van der Waals surface area contributed by atoms with Crippen molar-refractivity contribution in [1.82, 2.24) is 5.32 Å². The minimum atomic E-state index is 0.958. The van der Waals surface area contributed by atoms with Gasteiger partial charge in [0.15, 0.2) is 0 Å². The van der Waals surface area contributed by atoms with Crippen LogP contribution in [0, 0.1) is 0 Å². The Balaban J connectivity index is 1.63. The molecule has 0 aliphatic carbocycles. The molecule has 0 amide bonds. The Kier molecular flexibility index (Phi) is 5.99. The first-order chi connectivity index (χ1) is 9.38. The van der Waals surface area contributed by atoms with Gasteiger partial charge in [0.05, 0.1) is 0 Å². The molecular weight excluding hydrogens is 250 g/mol. The first kappa shape index (κ1) is 14.2. The normalized spacial score (nSPS) is 10.6. The fourth-order valence-electron chi connectivity index (χ4n) is 1.88. The largest absolute Gasteiger partial charge is 0.312 e. The molecule has 19 heavy (non-hydrogen) atoms. The number of nitrogens with one attached hydrogen (secondary N) is 1. The van der Waals surface area contributed by atoms with Crippen molar-refractivity contribution < 1.29 is 0 Å². The summed E-state index contributed by atoms with van der Waals surface area (Å²) in [6.45, 7) is 4.18. The van der Waals surface area contributed by atoms with Crippen LogP contribution < -0.4 is 5.32 Å². The number of benzene rings is 2. The zero-order valence-electron chi connectivity index (χ0n) is 11.4. The van der Waals surface area contributed by atoms with Gasteiger partial charge in [-0.25, -0.2) is 0 Å². The lowest BCUT2D eigenvalue weighted by Crippen LogP contribution is -2.16. The average Bonchev–Trinajstić information content (AvgIpc) is 2.49. The molecule has 0 unspecified atom stereocenters. The maximum Gasteiger partial charge on any atom is 0.0205 e. The molecule has 1 N–H and O–H groups in total. The Labute approximate surface area is 120 Å². The van der Waals surface area contributed by atoms with E-state index in [1.165, 1.54) is 16.0 Å². The van der Waals surface area contributed by atoms with Crippen LogP contribution in [0.2, 0.25) is 0 Å². The van der Waals surface area contributed by atoms with Gasteiger partial charge in [-0.15, -0.1) is 11.8 Å². The second-order valence-electron chi connectivity index (χ2n) is 4.51. The van der Waals surface area contributed by atoms with E-state index in [0.29, 0.717) is 0 Å². The molecule has 1 nitrogen and oxygen atoms in total. The lowest BCUT2D eigenvalue weighted by molar-refractivity contribution is 0.732. The molecule has 0 atom stereocenters. The van der Waals surface area contributed by atoms with Gasteiger partial charge in [-0.05, 0) is 29.7 Å². The minimum absolute atomic E-state index is 0.958. The van der Waals surface area contributed by atoms with E-state index >= 15 is 0 Å². The molecule has 0 saturated carbocycles. The zero-order valence-corrected chi connectivity index (χ0v) is 12.2. The van der Waals surface area contributed by atoms with E-state index in [1.807, 2.05) is 11.8 Å². The molecule has 0 fully saturated rings. The number of hydrogen-bond donors (Lipinski definition) is 1. The summed E-state index contributed by atoms with van der Waals surface area (Å²) in [6, 6.07) is 19.4. The highest BCUT2D eigenvalue weighted by atomic mass is 32.2. The van der Waals surface area contributed by atoms with Crippen LogP contribution in [0.15, 0.2) is 59.5 Å². The molecule has 0 aliphatic rings. The predicted molar refractivity (Wildman–Crippen MR) is 84.7 cm³/mol. The third-order valence-corrected chi connectivity index (χ3v) is 4.06. The van der Waals surface area contributed by atoms with E-state index in [9.17, 15) is 0 Å². The van der Waals surface area contributed by atoms with Crippen molar-refractivity contribution in [2.75, 3.05) is 12.3 Å². The molecule has 0 heterocycles. The molecule has 2 aromatic rings. The van der Waals surface area contributed by atoms with Crippen LogP contribution in [0.25, 0.3) is 0 Å². The van der Waals surface area contributed by atoms with E-state index < -0.39 is 0 Å². The molecule has 0 saturated heterocycles. The van der Waals surface area contributed by atoms with Crippen LogP contribution >= 0.6 is 11.8 Å². The van der Waals surface area contributed by atoms with Gasteiger partial charge in [0, 0.05) is 23.7 Å². The summed E-state index contributed by atoms with van der Waals surface area (Å²) in [4.78, 5) is 1.34. The minimum Gasteiger partial charge on any atom is -0.312 e. The smallest absolute Gasteiger partial charge is 0.0205 e. The Bertz CT molecular complexity index is 464. The fraction of sp³-hybridized carbons (Fsp3) is 0.294. The van der Waals surface area contributed by atoms with Crippen molar-refractivity contribution in [3.8, 4) is 0 Å². The van der Waals surface area contributed by atoms with Crippen LogP contribution in [0.5, 0.6) is 0 Å². The van der Waals surface area contributed by atoms with Gasteiger partial charge in [-0.1, -0.05) is 49.4 Å². The number of thioether (sulfide) groups is 1. The number of hydrogen-bond acceptors (Lipinski definition) is 2. The quantitative estimate of drug-likeness (QED) is 0.600. The van der Waals surface area contributed by atoms with Gasteiger partial charge in [0.1, 0.15) is 0 Å². The van der Waals surface area contributed by atoms with Crippen molar-refractivity contribution in [3.05, 3.63) is 65.7 Å². The average molecular weight is 271 g/mol. The Morgan fingerprint density at radius 3 is 2.26 bits per heavy atom. The maximum absolute atomic E-state index is 3.49. The summed E-state index contributed by atoms with van der Waals surface area (Å²) in [5.74, 6) is 1.11. The summed E-state index contributed by atoms with van der Waals surface area (Å²) in [5, 5.41) is 3.49. The van der Waals surface area contributed by atoms with E-state index in [2.05, 4.69) is 66.8 Å². The van der Waals surface area contributed by atoms with E-state index in [4.69, 9.17) is 0 Å². The third kappa shape index (κ3) is 5.09. The fourth-order valence-corrected chi connectivity index (χ4v) is 2.72. The first-order valence-electron chi connectivity index (χ1n) is 6.85. The van der Waals surface area contributed by atoms with Gasteiger partial charge in [-0.3, -0.25) is 0 Å². The summed E-state index contributed by atoms with van der Waals surface area (Å²) in [5.41, 5.74) is 2.77. The molecule has 2 rings (SSSR count). The molecule has 0 bridgehead atoms. The SMILES string of the molecule is CCc1ccc(CNCCSc2ccccc2)cc1. The highest BCUT2D eigenvalue weighted by molar-refractivity contribution is 7.99. The maximum atomic E-state index is 3.49. The second kappa shape index (κ2) is 8.03. The lowest BCUT2D eigenvalue weighted by Gasteiger charge is -2.06. The third-order valence-electron chi connectivity index (χ3n) is 3.05. The molecule has 0 radical (unpaired) electrons. The molecule has 100 valence electrons. The highest BCUT2D eigenvalue weighted by Crippen LogP contribution is 2.15. The molecule has 0 aromatic heterocycles. The van der Waals surface area contributed by atoms with Crippen LogP contribution in [0.1, 0.15) is 18.1 Å². The molecule has 2 heteroatoms. The van der Waals surface area contributed by atoms with Crippen molar-refractivity contribution in [2.24, 2.45) is 0 Å². The van der Waals surface area contributed by atoms with E-state index in [0.717, 1.165) is 25.3 Å². The highest BCUT2D eigenvalue weighted by Gasteiger charge is 1.95. The Morgan fingerprint density at radius 1 is 0.895 bits per heavy atom. The number of rotatable bonds is 7. The zero-order chi connectivity index (χ0) is 13.3. The molecular formula is C17H21NS. The second-order valence-corrected chi connectivity index (χ2v) is 5.68. The summed E-state index contributed by atoms with van der Waals surface area (Å²) in [7, 11) is 0. The van der Waals surface area contributed by atoms with Crippen molar-refractivity contribution >= 4 is 11.8 Å². The first-order valence-corrected chi connectivity index (χ1v) is 7.83. The monoisotopic (exact) mass is 271 g/mol. The van der Waals surface area contributed by atoms with Crippen LogP contribution in [0.3, 0.4) is 0 Å².